The normalized spacial score (nSPS) is 11.6. The number of hydrogen-bond donors (Lipinski definition) is 1. The third-order valence-electron chi connectivity index (χ3n) is 2.73. The highest BCUT2D eigenvalue weighted by Crippen LogP contribution is 2.29. The van der Waals surface area contributed by atoms with Crippen molar-refractivity contribution in [2.24, 2.45) is 0 Å². The number of nitrogens with zero attached hydrogens (tertiary/aromatic N) is 1. The Hall–Kier alpha value is -2.31. The molecule has 0 aliphatic heterocycles. The summed E-state index contributed by atoms with van der Waals surface area (Å²) < 4.78 is 5.60. The maximum absolute atomic E-state index is 9.52. The van der Waals surface area contributed by atoms with Crippen LogP contribution in [-0.2, 0) is 0 Å². The molecule has 0 heterocycles. The van der Waals surface area contributed by atoms with Gasteiger partial charge in [-0.3, -0.25) is 0 Å². The molecular weight excluding hydrogens is 238 g/mol. The Morgan fingerprint density at radius 2 is 1.74 bits per heavy atom. The molecule has 0 unspecified atom stereocenters. The summed E-state index contributed by atoms with van der Waals surface area (Å²) in [5.74, 6) is 0.714. The lowest BCUT2D eigenvalue weighted by atomic mass is 10.1. The van der Waals surface area contributed by atoms with E-state index in [1.54, 1.807) is 0 Å². The van der Waals surface area contributed by atoms with Gasteiger partial charge in [-0.15, -0.1) is 0 Å². The maximum atomic E-state index is 9.52. The van der Waals surface area contributed by atoms with Crippen LogP contribution in [0.2, 0.25) is 0 Å². The molecule has 1 N–H and O–H groups in total. The third-order valence-corrected chi connectivity index (χ3v) is 2.73. The average molecular weight is 253 g/mol. The lowest BCUT2D eigenvalue weighted by Crippen LogP contribution is -2.16. The largest absolute Gasteiger partial charge is 0.490 e. The van der Waals surface area contributed by atoms with Crippen LogP contribution in [0.15, 0.2) is 54.6 Å². The summed E-state index contributed by atoms with van der Waals surface area (Å²) in [5.41, 5.74) is 2.04. The highest BCUT2D eigenvalue weighted by molar-refractivity contribution is 5.70. The SMILES string of the molecule is N#CC[C@@H](O)COc1ccccc1-c1ccccc1. The standard InChI is InChI=1S/C16H15NO2/c17-11-10-14(18)12-19-16-9-5-4-8-15(16)13-6-2-1-3-7-13/h1-9,14,18H,10,12H2/t14-/m1/s1. The van der Waals surface area contributed by atoms with Crippen molar-refractivity contribution in [3.8, 4) is 22.9 Å². The van der Waals surface area contributed by atoms with E-state index in [4.69, 9.17) is 10.00 Å². The molecule has 1 atom stereocenters. The molecule has 3 heteroatoms. The van der Waals surface area contributed by atoms with Crippen LogP contribution >= 0.6 is 0 Å². The number of benzene rings is 2. The molecular formula is C16H15NO2. The van der Waals surface area contributed by atoms with Gasteiger partial charge >= 0.3 is 0 Å². The van der Waals surface area contributed by atoms with Gasteiger partial charge in [-0.05, 0) is 11.6 Å². The zero-order chi connectivity index (χ0) is 13.5. The first-order chi connectivity index (χ1) is 9.31. The molecule has 0 radical (unpaired) electrons. The van der Waals surface area contributed by atoms with Crippen LogP contribution in [0.5, 0.6) is 5.75 Å². The minimum Gasteiger partial charge on any atom is -0.490 e. The fourth-order valence-corrected chi connectivity index (χ4v) is 1.80. The second kappa shape index (κ2) is 6.58. The quantitative estimate of drug-likeness (QED) is 0.891. The van der Waals surface area contributed by atoms with E-state index in [-0.39, 0.29) is 13.0 Å². The third kappa shape index (κ3) is 3.57. The van der Waals surface area contributed by atoms with Gasteiger partial charge in [-0.25, -0.2) is 0 Å². The van der Waals surface area contributed by atoms with Crippen molar-refractivity contribution in [1.82, 2.24) is 0 Å². The van der Waals surface area contributed by atoms with Crippen molar-refractivity contribution in [2.75, 3.05) is 6.61 Å². The molecule has 0 fully saturated rings. The molecule has 3 nitrogen and oxygen atoms in total. The van der Waals surface area contributed by atoms with Crippen LogP contribution in [0.3, 0.4) is 0 Å². The molecule has 0 spiro atoms. The Morgan fingerprint density at radius 3 is 2.47 bits per heavy atom. The monoisotopic (exact) mass is 253 g/mol. The van der Waals surface area contributed by atoms with Crippen molar-refractivity contribution in [3.05, 3.63) is 54.6 Å². The van der Waals surface area contributed by atoms with Crippen molar-refractivity contribution >= 4 is 0 Å². The minimum absolute atomic E-state index is 0.0769. The fraction of sp³-hybridized carbons (Fsp3) is 0.188. The van der Waals surface area contributed by atoms with E-state index in [0.29, 0.717) is 5.75 Å². The van der Waals surface area contributed by atoms with E-state index in [1.165, 1.54) is 0 Å². The van der Waals surface area contributed by atoms with E-state index in [2.05, 4.69) is 0 Å². The Morgan fingerprint density at radius 1 is 1.05 bits per heavy atom. The second-order valence-corrected chi connectivity index (χ2v) is 4.19. The zero-order valence-electron chi connectivity index (χ0n) is 10.5. The van der Waals surface area contributed by atoms with Crippen LogP contribution in [0, 0.1) is 11.3 Å². The van der Waals surface area contributed by atoms with Gasteiger partial charge in [0.05, 0.1) is 12.5 Å². The van der Waals surface area contributed by atoms with Crippen molar-refractivity contribution in [2.45, 2.75) is 12.5 Å². The molecule has 19 heavy (non-hydrogen) atoms. The average Bonchev–Trinajstić information content (AvgIpc) is 2.47. The number of nitriles is 1. The van der Waals surface area contributed by atoms with Gasteiger partial charge in [-0.2, -0.15) is 5.26 Å². The van der Waals surface area contributed by atoms with Crippen LogP contribution in [0.1, 0.15) is 6.42 Å². The van der Waals surface area contributed by atoms with E-state index in [1.807, 2.05) is 60.7 Å². The van der Waals surface area contributed by atoms with Gasteiger partial charge in [0.15, 0.2) is 0 Å². The van der Waals surface area contributed by atoms with Gasteiger partial charge in [0.1, 0.15) is 18.5 Å². The first kappa shape index (κ1) is 13.1. The molecule has 2 rings (SSSR count). The number of hydrogen-bond acceptors (Lipinski definition) is 3. The minimum atomic E-state index is -0.756. The second-order valence-electron chi connectivity index (χ2n) is 4.19. The molecule has 0 aliphatic carbocycles. The molecule has 0 amide bonds. The van der Waals surface area contributed by atoms with E-state index in [9.17, 15) is 5.11 Å². The van der Waals surface area contributed by atoms with Crippen LogP contribution < -0.4 is 4.74 Å². The lowest BCUT2D eigenvalue weighted by molar-refractivity contribution is 0.111. The van der Waals surface area contributed by atoms with Gasteiger partial charge in [0.2, 0.25) is 0 Å². The summed E-state index contributed by atoms with van der Waals surface area (Å²) in [6.45, 7) is 0.122. The number of rotatable bonds is 5. The van der Waals surface area contributed by atoms with Gasteiger partial charge in [-0.1, -0.05) is 48.5 Å². The molecule has 0 saturated carbocycles. The van der Waals surface area contributed by atoms with Gasteiger partial charge < -0.3 is 9.84 Å². The highest BCUT2D eigenvalue weighted by Gasteiger charge is 2.08. The summed E-state index contributed by atoms with van der Waals surface area (Å²) in [6.07, 6.45) is -0.679. The van der Waals surface area contributed by atoms with E-state index in [0.717, 1.165) is 11.1 Å². The van der Waals surface area contributed by atoms with E-state index >= 15 is 0 Å². The number of aliphatic hydroxyl groups is 1. The summed E-state index contributed by atoms with van der Waals surface area (Å²) >= 11 is 0. The smallest absolute Gasteiger partial charge is 0.127 e. The molecule has 96 valence electrons. The molecule has 0 saturated heterocycles. The number of aliphatic hydroxyl groups excluding tert-OH is 1. The molecule has 0 aliphatic rings. The van der Waals surface area contributed by atoms with Crippen molar-refractivity contribution in [1.29, 1.82) is 5.26 Å². The predicted octanol–water partition coefficient (Wildman–Crippen LogP) is 3.01. The van der Waals surface area contributed by atoms with Crippen LogP contribution in [-0.4, -0.2) is 17.8 Å². The zero-order valence-corrected chi connectivity index (χ0v) is 10.5. The summed E-state index contributed by atoms with van der Waals surface area (Å²) in [4.78, 5) is 0. The lowest BCUT2D eigenvalue weighted by Gasteiger charge is -2.13. The Labute approximate surface area is 112 Å². The molecule has 2 aromatic carbocycles. The Balaban J connectivity index is 2.16. The Kier molecular flexibility index (Phi) is 4.54. The van der Waals surface area contributed by atoms with Gasteiger partial charge in [0.25, 0.3) is 0 Å². The first-order valence-corrected chi connectivity index (χ1v) is 6.13. The van der Waals surface area contributed by atoms with E-state index < -0.39 is 6.10 Å². The molecule has 0 aromatic heterocycles. The predicted molar refractivity (Wildman–Crippen MR) is 73.6 cm³/mol. The number of ether oxygens (including phenoxy) is 1. The van der Waals surface area contributed by atoms with Crippen LogP contribution in [0.4, 0.5) is 0 Å². The summed E-state index contributed by atoms with van der Waals surface area (Å²) in [5, 5.41) is 18.0. The molecule has 0 bridgehead atoms. The van der Waals surface area contributed by atoms with Crippen molar-refractivity contribution < 1.29 is 9.84 Å². The summed E-state index contributed by atoms with van der Waals surface area (Å²) in [6, 6.07) is 19.5. The molecule has 2 aromatic rings. The fourth-order valence-electron chi connectivity index (χ4n) is 1.80. The van der Waals surface area contributed by atoms with Crippen LogP contribution in [0.25, 0.3) is 11.1 Å². The topological polar surface area (TPSA) is 53.2 Å². The maximum Gasteiger partial charge on any atom is 0.127 e. The van der Waals surface area contributed by atoms with Crippen molar-refractivity contribution in [3.63, 3.8) is 0 Å². The number of para-hydroxylation sites is 1. The Bertz CT molecular complexity index is 560. The highest BCUT2D eigenvalue weighted by atomic mass is 16.5. The van der Waals surface area contributed by atoms with Gasteiger partial charge in [0, 0.05) is 5.56 Å². The first-order valence-electron chi connectivity index (χ1n) is 6.13. The summed E-state index contributed by atoms with van der Waals surface area (Å²) in [7, 11) is 0.